The lowest BCUT2D eigenvalue weighted by molar-refractivity contribution is -0.199. The van der Waals surface area contributed by atoms with Crippen molar-refractivity contribution < 1.29 is 17.9 Å². The Morgan fingerprint density at radius 3 is 2.31 bits per heavy atom. The standard InChI is InChI=1S/C10H11F3INO/c1-6(15)9(10(11,12)13)16-8-5-3-2-4-7(8)14/h2-6,9H,15H2,1H3. The fourth-order valence-electron chi connectivity index (χ4n) is 1.15. The molecule has 0 aliphatic heterocycles. The summed E-state index contributed by atoms with van der Waals surface area (Å²) in [6.07, 6.45) is -6.45. The molecule has 2 N–H and O–H groups in total. The molecule has 0 aliphatic carbocycles. The van der Waals surface area contributed by atoms with Crippen LogP contribution < -0.4 is 10.5 Å². The largest absolute Gasteiger partial charge is 0.478 e. The molecule has 1 aromatic carbocycles. The summed E-state index contributed by atoms with van der Waals surface area (Å²) in [7, 11) is 0. The van der Waals surface area contributed by atoms with Gasteiger partial charge in [0, 0.05) is 6.04 Å². The Balaban J connectivity index is 2.89. The number of hydrogen-bond donors (Lipinski definition) is 1. The van der Waals surface area contributed by atoms with Gasteiger partial charge in [-0.15, -0.1) is 0 Å². The number of hydrogen-bond acceptors (Lipinski definition) is 2. The van der Waals surface area contributed by atoms with Crippen LogP contribution >= 0.6 is 22.6 Å². The monoisotopic (exact) mass is 345 g/mol. The summed E-state index contributed by atoms with van der Waals surface area (Å²) in [5, 5.41) is 0. The fraction of sp³-hybridized carbons (Fsp3) is 0.400. The molecular formula is C10H11F3INO. The SMILES string of the molecule is CC(N)C(Oc1ccccc1I)C(F)(F)F. The number of ether oxygens (including phenoxy) is 1. The Morgan fingerprint density at radius 2 is 1.88 bits per heavy atom. The van der Waals surface area contributed by atoms with Gasteiger partial charge >= 0.3 is 6.18 Å². The van der Waals surface area contributed by atoms with Gasteiger partial charge in [0.05, 0.1) is 3.57 Å². The van der Waals surface area contributed by atoms with E-state index in [4.69, 9.17) is 10.5 Å². The molecule has 2 nitrogen and oxygen atoms in total. The zero-order valence-electron chi connectivity index (χ0n) is 8.46. The van der Waals surface area contributed by atoms with Crippen LogP contribution in [0.3, 0.4) is 0 Å². The second-order valence-corrected chi connectivity index (χ2v) is 4.53. The minimum absolute atomic E-state index is 0.197. The molecule has 0 spiro atoms. The number of halogens is 4. The summed E-state index contributed by atoms with van der Waals surface area (Å²) in [5.74, 6) is 0.197. The van der Waals surface area contributed by atoms with Crippen molar-refractivity contribution in [2.75, 3.05) is 0 Å². The zero-order chi connectivity index (χ0) is 12.3. The van der Waals surface area contributed by atoms with Crippen LogP contribution in [0.5, 0.6) is 5.75 Å². The highest BCUT2D eigenvalue weighted by Gasteiger charge is 2.44. The van der Waals surface area contributed by atoms with Crippen LogP contribution in [0.4, 0.5) is 13.2 Å². The summed E-state index contributed by atoms with van der Waals surface area (Å²) in [6.45, 7) is 1.27. The fourth-order valence-corrected chi connectivity index (χ4v) is 1.66. The molecule has 6 heteroatoms. The van der Waals surface area contributed by atoms with Crippen molar-refractivity contribution in [3.8, 4) is 5.75 Å². The molecule has 2 atom stereocenters. The van der Waals surface area contributed by atoms with Crippen molar-refractivity contribution in [3.05, 3.63) is 27.8 Å². The van der Waals surface area contributed by atoms with Gasteiger partial charge in [0.25, 0.3) is 0 Å². The van der Waals surface area contributed by atoms with Gasteiger partial charge in [-0.3, -0.25) is 0 Å². The second kappa shape index (κ2) is 5.22. The van der Waals surface area contributed by atoms with Gasteiger partial charge in [0.2, 0.25) is 6.10 Å². The first-order chi connectivity index (χ1) is 7.32. The van der Waals surface area contributed by atoms with E-state index in [2.05, 4.69) is 0 Å². The smallest absolute Gasteiger partial charge is 0.426 e. The highest BCUT2D eigenvalue weighted by Crippen LogP contribution is 2.29. The van der Waals surface area contributed by atoms with Crippen molar-refractivity contribution in [1.29, 1.82) is 0 Å². The van der Waals surface area contributed by atoms with Crippen LogP contribution in [0.15, 0.2) is 24.3 Å². The van der Waals surface area contributed by atoms with Crippen molar-refractivity contribution in [1.82, 2.24) is 0 Å². The van der Waals surface area contributed by atoms with E-state index in [-0.39, 0.29) is 5.75 Å². The summed E-state index contributed by atoms with van der Waals surface area (Å²) < 4.78 is 43.3. The van der Waals surface area contributed by atoms with E-state index in [1.165, 1.54) is 13.0 Å². The number of benzene rings is 1. The third kappa shape index (κ3) is 3.51. The van der Waals surface area contributed by atoms with Gasteiger partial charge in [0.1, 0.15) is 5.75 Å². The maximum Gasteiger partial charge on any atom is 0.426 e. The molecule has 0 amide bonds. The zero-order valence-corrected chi connectivity index (χ0v) is 10.6. The second-order valence-electron chi connectivity index (χ2n) is 3.37. The van der Waals surface area contributed by atoms with Gasteiger partial charge in [-0.25, -0.2) is 0 Å². The first-order valence-electron chi connectivity index (χ1n) is 4.56. The first kappa shape index (κ1) is 13.6. The summed E-state index contributed by atoms with van der Waals surface area (Å²) in [5.41, 5.74) is 5.27. The third-order valence-corrected chi connectivity index (χ3v) is 2.78. The molecule has 2 unspecified atom stereocenters. The van der Waals surface area contributed by atoms with Crippen LogP contribution in [-0.2, 0) is 0 Å². The number of para-hydroxylation sites is 1. The van der Waals surface area contributed by atoms with Crippen LogP contribution in [0.1, 0.15) is 6.92 Å². The van der Waals surface area contributed by atoms with Crippen molar-refractivity contribution in [2.24, 2.45) is 5.73 Å². The maximum absolute atomic E-state index is 12.6. The molecule has 0 aromatic heterocycles. The predicted molar refractivity (Wildman–Crippen MR) is 63.3 cm³/mol. The van der Waals surface area contributed by atoms with Gasteiger partial charge in [0.15, 0.2) is 0 Å². The summed E-state index contributed by atoms with van der Waals surface area (Å²) >= 11 is 1.91. The Labute approximate surface area is 105 Å². The van der Waals surface area contributed by atoms with E-state index in [0.29, 0.717) is 3.57 Å². The lowest BCUT2D eigenvalue weighted by atomic mass is 10.2. The summed E-state index contributed by atoms with van der Waals surface area (Å²) in [6, 6.07) is 5.39. The van der Waals surface area contributed by atoms with Crippen LogP contribution in [0.25, 0.3) is 0 Å². The van der Waals surface area contributed by atoms with Crippen LogP contribution in [-0.4, -0.2) is 18.3 Å². The highest BCUT2D eigenvalue weighted by atomic mass is 127. The van der Waals surface area contributed by atoms with E-state index in [0.717, 1.165) is 0 Å². The third-order valence-electron chi connectivity index (χ3n) is 1.89. The molecule has 0 saturated heterocycles. The molecule has 0 bridgehead atoms. The van der Waals surface area contributed by atoms with Crippen LogP contribution in [0, 0.1) is 3.57 Å². The quantitative estimate of drug-likeness (QED) is 0.855. The van der Waals surface area contributed by atoms with Crippen LogP contribution in [0.2, 0.25) is 0 Å². The Morgan fingerprint density at radius 1 is 1.31 bits per heavy atom. The highest BCUT2D eigenvalue weighted by molar-refractivity contribution is 14.1. The van der Waals surface area contributed by atoms with Gasteiger partial charge in [-0.05, 0) is 41.6 Å². The van der Waals surface area contributed by atoms with E-state index in [1.807, 2.05) is 22.6 Å². The lowest BCUT2D eigenvalue weighted by Gasteiger charge is -2.25. The Hall–Kier alpha value is -0.500. The average molecular weight is 345 g/mol. The topological polar surface area (TPSA) is 35.2 Å². The van der Waals surface area contributed by atoms with Crippen molar-refractivity contribution >= 4 is 22.6 Å². The molecule has 0 aliphatic rings. The Bertz CT molecular complexity index is 354. The summed E-state index contributed by atoms with van der Waals surface area (Å²) in [4.78, 5) is 0. The average Bonchev–Trinajstić information content (AvgIpc) is 2.14. The normalized spacial score (nSPS) is 15.6. The molecule has 1 aromatic rings. The van der Waals surface area contributed by atoms with Gasteiger partial charge < -0.3 is 10.5 Å². The van der Waals surface area contributed by atoms with E-state index in [9.17, 15) is 13.2 Å². The minimum Gasteiger partial charge on any atom is -0.478 e. The minimum atomic E-state index is -4.47. The first-order valence-corrected chi connectivity index (χ1v) is 5.63. The Kier molecular flexibility index (Phi) is 4.43. The number of alkyl halides is 3. The molecule has 1 rings (SSSR count). The predicted octanol–water partition coefficient (Wildman–Crippen LogP) is 2.95. The molecule has 0 fully saturated rings. The molecule has 0 heterocycles. The van der Waals surface area contributed by atoms with E-state index in [1.54, 1.807) is 18.2 Å². The maximum atomic E-state index is 12.6. The van der Waals surface area contributed by atoms with Gasteiger partial charge in [-0.2, -0.15) is 13.2 Å². The molecule has 0 saturated carbocycles. The van der Waals surface area contributed by atoms with Crippen molar-refractivity contribution in [3.63, 3.8) is 0 Å². The lowest BCUT2D eigenvalue weighted by Crippen LogP contribution is -2.47. The van der Waals surface area contributed by atoms with E-state index >= 15 is 0 Å². The molecule has 90 valence electrons. The molecular weight excluding hydrogens is 334 g/mol. The van der Waals surface area contributed by atoms with E-state index < -0.39 is 18.3 Å². The molecule has 16 heavy (non-hydrogen) atoms. The molecule has 0 radical (unpaired) electrons. The van der Waals surface area contributed by atoms with Crippen molar-refractivity contribution in [2.45, 2.75) is 25.2 Å². The number of nitrogens with two attached hydrogens (primary N) is 1. The van der Waals surface area contributed by atoms with Gasteiger partial charge in [-0.1, -0.05) is 12.1 Å². The number of rotatable bonds is 3.